The van der Waals surface area contributed by atoms with Gasteiger partial charge in [0.2, 0.25) is 0 Å². The Morgan fingerprint density at radius 1 is 0.471 bits per heavy atom. The maximum atomic E-state index is 12.6. The Morgan fingerprint density at radius 2 is 0.765 bits per heavy atom. The van der Waals surface area contributed by atoms with Crippen molar-refractivity contribution in [1.29, 1.82) is 0 Å². The third-order valence-corrected chi connectivity index (χ3v) is 9.29. The fourth-order valence-electron chi connectivity index (χ4n) is 3.00. The monoisotopic (exact) mass is 550 g/mol. The van der Waals surface area contributed by atoms with E-state index in [1.807, 2.05) is 24.3 Å². The molecule has 0 amide bonds. The second-order valence-electron chi connectivity index (χ2n) is 6.81. The molecule has 0 bridgehead atoms. The molecule has 4 rings (SSSR count). The number of hydrogen-bond donors (Lipinski definition) is 0. The SMILES string of the molecule is O=S(c1ccc(-c2ccc(-c3ccc(-c4ccc(S(=O)C(F)(F)F)cc4)s3)s2)cc1)C(F)(F)F. The van der Waals surface area contributed by atoms with E-state index >= 15 is 0 Å². The van der Waals surface area contributed by atoms with Crippen LogP contribution in [0.4, 0.5) is 26.3 Å². The van der Waals surface area contributed by atoms with E-state index in [0.717, 1.165) is 19.5 Å². The van der Waals surface area contributed by atoms with Crippen molar-refractivity contribution in [2.75, 3.05) is 0 Å². The number of thiophene rings is 2. The molecule has 0 fully saturated rings. The Labute approximate surface area is 202 Å². The highest BCUT2D eigenvalue weighted by Gasteiger charge is 2.38. The first-order valence-electron chi connectivity index (χ1n) is 9.31. The molecule has 178 valence electrons. The molecular weight excluding hydrogens is 538 g/mol. The standard InChI is InChI=1S/C22H12F6O2S4/c23-21(24,25)33(29)15-5-1-13(2-6-15)17-9-11-19(31-17)20-12-10-18(32-20)14-3-7-16(8-4-14)34(30)22(26,27)28/h1-12H. The number of halogens is 6. The first-order valence-corrected chi connectivity index (χ1v) is 13.2. The quantitative estimate of drug-likeness (QED) is 0.236. The Balaban J connectivity index is 1.52. The molecule has 0 aliphatic rings. The van der Waals surface area contributed by atoms with Crippen LogP contribution in [0.25, 0.3) is 30.6 Å². The fraction of sp³-hybridized carbons (Fsp3) is 0.0909. The molecule has 34 heavy (non-hydrogen) atoms. The summed E-state index contributed by atoms with van der Waals surface area (Å²) in [4.78, 5) is 2.80. The summed E-state index contributed by atoms with van der Waals surface area (Å²) >= 11 is 2.85. The van der Waals surface area contributed by atoms with Gasteiger partial charge >= 0.3 is 11.0 Å². The van der Waals surface area contributed by atoms with Crippen LogP contribution in [0.15, 0.2) is 82.6 Å². The molecule has 2 aromatic heterocycles. The van der Waals surface area contributed by atoms with Crippen LogP contribution in [-0.2, 0) is 21.6 Å². The molecule has 0 aliphatic heterocycles. The molecule has 4 aromatic rings. The fourth-order valence-corrected chi connectivity index (χ4v) is 6.42. The molecule has 0 aliphatic carbocycles. The van der Waals surface area contributed by atoms with Gasteiger partial charge in [0, 0.05) is 29.3 Å². The number of alkyl halides is 6. The first kappa shape index (κ1) is 24.8. The average molecular weight is 551 g/mol. The normalized spacial score (nSPS) is 14.2. The lowest BCUT2D eigenvalue weighted by Gasteiger charge is -2.06. The number of benzene rings is 2. The van der Waals surface area contributed by atoms with Gasteiger partial charge < -0.3 is 0 Å². The van der Waals surface area contributed by atoms with Crippen LogP contribution in [0.1, 0.15) is 0 Å². The van der Waals surface area contributed by atoms with Crippen molar-refractivity contribution < 1.29 is 34.8 Å². The van der Waals surface area contributed by atoms with Gasteiger partial charge in [-0.05, 0) is 59.7 Å². The van der Waals surface area contributed by atoms with Crippen LogP contribution in [0.5, 0.6) is 0 Å². The molecule has 12 heteroatoms. The van der Waals surface area contributed by atoms with Crippen LogP contribution >= 0.6 is 22.7 Å². The van der Waals surface area contributed by atoms with E-state index in [-0.39, 0.29) is 9.79 Å². The van der Waals surface area contributed by atoms with E-state index in [4.69, 9.17) is 0 Å². The maximum Gasteiger partial charge on any atom is 0.475 e. The minimum absolute atomic E-state index is 0.319. The molecule has 0 N–H and O–H groups in total. The third kappa shape index (κ3) is 5.35. The molecule has 2 nitrogen and oxygen atoms in total. The van der Waals surface area contributed by atoms with Crippen LogP contribution in [-0.4, -0.2) is 19.4 Å². The van der Waals surface area contributed by atoms with Gasteiger partial charge in [0.1, 0.15) is 0 Å². The first-order chi connectivity index (χ1) is 15.9. The topological polar surface area (TPSA) is 34.1 Å². The van der Waals surface area contributed by atoms with Gasteiger partial charge in [-0.25, -0.2) is 8.42 Å². The number of hydrogen-bond acceptors (Lipinski definition) is 4. The number of rotatable bonds is 5. The van der Waals surface area contributed by atoms with Crippen molar-refractivity contribution in [3.8, 4) is 30.6 Å². The van der Waals surface area contributed by atoms with Gasteiger partial charge in [-0.2, -0.15) is 26.3 Å². The zero-order chi connectivity index (χ0) is 24.7. The third-order valence-electron chi connectivity index (χ3n) is 4.58. The minimum atomic E-state index is -4.82. The second-order valence-corrected chi connectivity index (χ2v) is 11.9. The Morgan fingerprint density at radius 3 is 1.06 bits per heavy atom. The summed E-state index contributed by atoms with van der Waals surface area (Å²) in [5.74, 6) is 0. The smallest absolute Gasteiger partial charge is 0.245 e. The Kier molecular flexibility index (Phi) is 6.87. The lowest BCUT2D eigenvalue weighted by molar-refractivity contribution is -0.0392. The van der Waals surface area contributed by atoms with Crippen molar-refractivity contribution in [3.63, 3.8) is 0 Å². The van der Waals surface area contributed by atoms with Crippen molar-refractivity contribution in [1.82, 2.24) is 0 Å². The van der Waals surface area contributed by atoms with Gasteiger partial charge in [0.25, 0.3) is 0 Å². The van der Waals surface area contributed by atoms with Gasteiger partial charge in [-0.3, -0.25) is 0 Å². The average Bonchev–Trinajstić information content (AvgIpc) is 3.47. The van der Waals surface area contributed by atoms with E-state index in [0.29, 0.717) is 11.1 Å². The Bertz CT molecular complexity index is 1240. The molecule has 2 atom stereocenters. The van der Waals surface area contributed by atoms with E-state index in [9.17, 15) is 34.8 Å². The van der Waals surface area contributed by atoms with Gasteiger partial charge in [-0.15, -0.1) is 22.7 Å². The second kappa shape index (κ2) is 9.40. The summed E-state index contributed by atoms with van der Waals surface area (Å²) < 4.78 is 98.6. The minimum Gasteiger partial charge on any atom is -0.245 e. The van der Waals surface area contributed by atoms with Crippen LogP contribution in [0.2, 0.25) is 0 Å². The maximum absolute atomic E-state index is 12.6. The van der Waals surface area contributed by atoms with Crippen LogP contribution in [0, 0.1) is 0 Å². The highest BCUT2D eigenvalue weighted by molar-refractivity contribution is 7.86. The molecule has 0 saturated carbocycles. The van der Waals surface area contributed by atoms with Crippen LogP contribution < -0.4 is 0 Å². The Hall–Kier alpha value is -2.28. The van der Waals surface area contributed by atoms with Crippen molar-refractivity contribution in [2.24, 2.45) is 0 Å². The van der Waals surface area contributed by atoms with Gasteiger partial charge in [-0.1, -0.05) is 24.3 Å². The van der Waals surface area contributed by atoms with Crippen LogP contribution in [0.3, 0.4) is 0 Å². The summed E-state index contributed by atoms with van der Waals surface area (Å²) in [5.41, 5.74) is -8.26. The highest BCUT2D eigenvalue weighted by Crippen LogP contribution is 2.41. The summed E-state index contributed by atoms with van der Waals surface area (Å²) in [6.45, 7) is 0. The molecule has 0 spiro atoms. The summed E-state index contributed by atoms with van der Waals surface area (Å²) in [7, 11) is -6.16. The van der Waals surface area contributed by atoms with Gasteiger partial charge in [0.05, 0.1) is 0 Å². The lowest BCUT2D eigenvalue weighted by Crippen LogP contribution is -2.15. The zero-order valence-corrected chi connectivity index (χ0v) is 19.9. The predicted molar refractivity (Wildman–Crippen MR) is 123 cm³/mol. The van der Waals surface area contributed by atoms with E-state index in [1.165, 1.54) is 71.2 Å². The molecule has 0 radical (unpaired) electrons. The van der Waals surface area contributed by atoms with E-state index < -0.39 is 32.6 Å². The van der Waals surface area contributed by atoms with Crippen molar-refractivity contribution in [3.05, 3.63) is 72.8 Å². The molecule has 2 aromatic carbocycles. The summed E-state index contributed by atoms with van der Waals surface area (Å²) in [6.07, 6.45) is 0. The molecule has 2 heterocycles. The molecule has 2 unspecified atom stereocenters. The molecular formula is C22H12F6O2S4. The van der Waals surface area contributed by atoms with Crippen molar-refractivity contribution in [2.45, 2.75) is 20.8 Å². The largest absolute Gasteiger partial charge is 0.475 e. The van der Waals surface area contributed by atoms with E-state index in [2.05, 4.69) is 0 Å². The highest BCUT2D eigenvalue weighted by atomic mass is 32.2. The van der Waals surface area contributed by atoms with Gasteiger partial charge in [0.15, 0.2) is 21.6 Å². The molecule has 0 saturated heterocycles. The van der Waals surface area contributed by atoms with E-state index in [1.54, 1.807) is 0 Å². The summed E-state index contributed by atoms with van der Waals surface area (Å²) in [5, 5.41) is 0. The zero-order valence-electron chi connectivity index (χ0n) is 16.6. The lowest BCUT2D eigenvalue weighted by atomic mass is 10.2. The summed E-state index contributed by atoms with van der Waals surface area (Å²) in [6, 6.07) is 18.1. The predicted octanol–water partition coefficient (Wildman–Crippen LogP) is 8.07. The van der Waals surface area contributed by atoms with Crippen molar-refractivity contribution >= 4 is 44.3 Å².